The van der Waals surface area contributed by atoms with E-state index in [0.29, 0.717) is 31.4 Å². The predicted molar refractivity (Wildman–Crippen MR) is 137 cm³/mol. The summed E-state index contributed by atoms with van der Waals surface area (Å²) in [5, 5.41) is 4.98. The summed E-state index contributed by atoms with van der Waals surface area (Å²) in [6.07, 6.45) is 0. The van der Waals surface area contributed by atoms with Crippen LogP contribution in [0.5, 0.6) is 0 Å². The second-order valence-corrected chi connectivity index (χ2v) is 11.0. The van der Waals surface area contributed by atoms with Crippen LogP contribution in [0.4, 0.5) is 0 Å². The van der Waals surface area contributed by atoms with Gasteiger partial charge in [0, 0.05) is 37.9 Å². The lowest BCUT2D eigenvalue weighted by atomic mass is 10.1. The molecule has 0 saturated heterocycles. The number of benzene rings is 2. The van der Waals surface area contributed by atoms with Gasteiger partial charge in [0.25, 0.3) is 0 Å². The molecule has 1 unspecified atom stereocenters. The maximum absolute atomic E-state index is 13.2. The zero-order valence-electron chi connectivity index (χ0n) is 18.3. The van der Waals surface area contributed by atoms with Gasteiger partial charge in [-0.1, -0.05) is 58.5 Å². The van der Waals surface area contributed by atoms with Crippen LogP contribution in [0, 0.1) is 0 Å². The smallest absolute Gasteiger partial charge is 0.242 e. The highest BCUT2D eigenvalue weighted by Crippen LogP contribution is 2.29. The first kappa shape index (κ1) is 27.1. The molecule has 0 saturated carbocycles. The summed E-state index contributed by atoms with van der Waals surface area (Å²) in [7, 11) is 0. The van der Waals surface area contributed by atoms with E-state index in [9.17, 15) is 9.59 Å². The van der Waals surface area contributed by atoms with E-state index in [-0.39, 0.29) is 24.1 Å². The Labute approximate surface area is 213 Å². The van der Waals surface area contributed by atoms with Gasteiger partial charge >= 0.3 is 0 Å². The molecule has 9 heteroatoms. The Morgan fingerprint density at radius 3 is 2.22 bits per heavy atom. The van der Waals surface area contributed by atoms with Crippen LogP contribution in [0.25, 0.3) is 0 Å². The third kappa shape index (κ3) is 8.03. The van der Waals surface area contributed by atoms with Crippen LogP contribution in [-0.4, -0.2) is 34.0 Å². The maximum atomic E-state index is 13.2. The van der Waals surface area contributed by atoms with Gasteiger partial charge in [0.2, 0.25) is 11.8 Å². The van der Waals surface area contributed by atoms with E-state index >= 15 is 0 Å². The number of carbonyl (C=O) groups excluding carboxylic acids is 2. The van der Waals surface area contributed by atoms with E-state index in [0.717, 1.165) is 5.56 Å². The van der Waals surface area contributed by atoms with Crippen molar-refractivity contribution in [3.63, 3.8) is 0 Å². The first-order valence-corrected chi connectivity index (χ1v) is 12.6. The molecule has 0 fully saturated rings. The van der Waals surface area contributed by atoms with Crippen LogP contribution in [0.2, 0.25) is 20.1 Å². The molecule has 0 aromatic heterocycles. The van der Waals surface area contributed by atoms with Gasteiger partial charge in [0.15, 0.2) is 0 Å². The number of hydrogen-bond donors (Lipinski definition) is 1. The van der Waals surface area contributed by atoms with Gasteiger partial charge < -0.3 is 10.2 Å². The Balaban J connectivity index is 2.18. The van der Waals surface area contributed by atoms with Crippen molar-refractivity contribution >= 4 is 70.0 Å². The van der Waals surface area contributed by atoms with Gasteiger partial charge in [-0.15, -0.1) is 11.8 Å². The summed E-state index contributed by atoms with van der Waals surface area (Å²) >= 11 is 26.2. The monoisotopic (exact) mass is 534 g/mol. The van der Waals surface area contributed by atoms with Crippen molar-refractivity contribution in [1.82, 2.24) is 10.2 Å². The first-order valence-electron chi connectivity index (χ1n) is 9.95. The molecule has 32 heavy (non-hydrogen) atoms. The molecule has 0 aliphatic rings. The van der Waals surface area contributed by atoms with Gasteiger partial charge in [-0.25, -0.2) is 0 Å². The van der Waals surface area contributed by atoms with Gasteiger partial charge in [-0.2, -0.15) is 0 Å². The lowest BCUT2D eigenvalue weighted by molar-refractivity contribution is -0.139. The lowest BCUT2D eigenvalue weighted by Crippen LogP contribution is -2.52. The molecule has 174 valence electrons. The van der Waals surface area contributed by atoms with Crippen LogP contribution in [0.3, 0.4) is 0 Å². The predicted octanol–water partition coefficient (Wildman–Crippen LogP) is 6.87. The van der Waals surface area contributed by atoms with Crippen LogP contribution >= 0.6 is 58.2 Å². The van der Waals surface area contributed by atoms with Crippen LogP contribution < -0.4 is 5.32 Å². The second-order valence-electron chi connectivity index (χ2n) is 8.37. The number of thioether (sulfide) groups is 1. The minimum absolute atomic E-state index is 0.153. The third-order valence-electron chi connectivity index (χ3n) is 4.55. The number of amides is 2. The van der Waals surface area contributed by atoms with Crippen LogP contribution in [0.1, 0.15) is 38.8 Å². The molecular weight excluding hydrogens is 510 g/mol. The number of nitrogens with one attached hydrogen (secondary N) is 1. The van der Waals surface area contributed by atoms with E-state index in [1.165, 1.54) is 16.7 Å². The number of halogens is 4. The van der Waals surface area contributed by atoms with E-state index in [1.54, 1.807) is 43.3 Å². The molecule has 2 aromatic carbocycles. The van der Waals surface area contributed by atoms with Gasteiger partial charge in [-0.05, 0) is 63.1 Å². The largest absolute Gasteiger partial charge is 0.350 e. The highest BCUT2D eigenvalue weighted by molar-refractivity contribution is 7.99. The fourth-order valence-corrected chi connectivity index (χ4v) is 5.00. The summed E-state index contributed by atoms with van der Waals surface area (Å²) in [5.74, 6) is 0.193. The molecule has 0 radical (unpaired) electrons. The molecule has 0 aliphatic carbocycles. The highest BCUT2D eigenvalue weighted by atomic mass is 35.5. The SMILES string of the molecule is CC(C(=O)NC(C)(C)C)N(Cc1ccc(Cl)cc1Cl)C(=O)CSCc1c(Cl)cccc1Cl. The van der Waals surface area contributed by atoms with Crippen LogP contribution in [0.15, 0.2) is 36.4 Å². The standard InChI is InChI=1S/C23H26Cl4N2O2S/c1-14(22(31)28-23(2,3)4)29(11-15-8-9-16(24)10-20(15)27)21(30)13-32-12-17-18(25)6-5-7-19(17)26/h5-10,14H,11-13H2,1-4H3,(H,28,31). The average molecular weight is 536 g/mol. The number of rotatable bonds is 8. The van der Waals surface area contributed by atoms with E-state index < -0.39 is 11.6 Å². The van der Waals surface area contributed by atoms with Crippen molar-refractivity contribution in [3.8, 4) is 0 Å². The van der Waals surface area contributed by atoms with Crippen molar-refractivity contribution in [3.05, 3.63) is 67.6 Å². The van der Waals surface area contributed by atoms with Gasteiger partial charge in [0.05, 0.1) is 5.75 Å². The summed E-state index contributed by atoms with van der Waals surface area (Å²) < 4.78 is 0. The summed E-state index contributed by atoms with van der Waals surface area (Å²) in [6.45, 7) is 7.56. The molecule has 1 N–H and O–H groups in total. The maximum Gasteiger partial charge on any atom is 0.242 e. The van der Waals surface area contributed by atoms with Gasteiger partial charge in [-0.3, -0.25) is 9.59 Å². The minimum atomic E-state index is -0.696. The molecule has 0 aliphatic heterocycles. The quantitative estimate of drug-likeness (QED) is 0.401. The van der Waals surface area contributed by atoms with Crippen LogP contribution in [-0.2, 0) is 21.9 Å². The molecule has 2 rings (SSSR count). The van der Waals surface area contributed by atoms with Crippen molar-refractivity contribution in [2.45, 2.75) is 51.6 Å². The molecule has 0 spiro atoms. The Morgan fingerprint density at radius 2 is 1.66 bits per heavy atom. The molecule has 4 nitrogen and oxygen atoms in total. The fourth-order valence-electron chi connectivity index (χ4n) is 2.88. The Hall–Kier alpha value is -1.11. The zero-order valence-corrected chi connectivity index (χ0v) is 22.2. The zero-order chi connectivity index (χ0) is 24.1. The third-order valence-corrected chi connectivity index (χ3v) is 6.79. The fraction of sp³-hybridized carbons (Fsp3) is 0.391. The second kappa shape index (κ2) is 11.8. The average Bonchev–Trinajstić information content (AvgIpc) is 2.67. The highest BCUT2D eigenvalue weighted by Gasteiger charge is 2.28. The van der Waals surface area contributed by atoms with E-state index in [2.05, 4.69) is 5.32 Å². The summed E-state index contributed by atoms with van der Waals surface area (Å²) in [6, 6.07) is 9.69. The van der Waals surface area contributed by atoms with Crippen molar-refractivity contribution in [2.75, 3.05) is 5.75 Å². The number of nitrogens with zero attached hydrogens (tertiary/aromatic N) is 1. The van der Waals surface area contributed by atoms with Gasteiger partial charge in [0.1, 0.15) is 6.04 Å². The molecule has 2 aromatic rings. The summed E-state index contributed by atoms with van der Waals surface area (Å²) in [5.41, 5.74) is 1.06. The lowest BCUT2D eigenvalue weighted by Gasteiger charge is -2.31. The molecule has 2 amide bonds. The normalized spacial score (nSPS) is 12.4. The number of hydrogen-bond acceptors (Lipinski definition) is 3. The Morgan fingerprint density at radius 1 is 1.03 bits per heavy atom. The Bertz CT molecular complexity index is 959. The molecule has 0 heterocycles. The van der Waals surface area contributed by atoms with Crippen molar-refractivity contribution in [1.29, 1.82) is 0 Å². The Kier molecular flexibility index (Phi) is 10.0. The number of carbonyl (C=O) groups is 2. The summed E-state index contributed by atoms with van der Waals surface area (Å²) in [4.78, 5) is 27.5. The van der Waals surface area contributed by atoms with E-state index in [1.807, 2.05) is 20.8 Å². The minimum Gasteiger partial charge on any atom is -0.350 e. The molecular formula is C23H26Cl4N2O2S. The molecule has 0 bridgehead atoms. The van der Waals surface area contributed by atoms with Crippen molar-refractivity contribution in [2.24, 2.45) is 0 Å². The first-order chi connectivity index (χ1) is 14.9. The van der Waals surface area contributed by atoms with Crippen molar-refractivity contribution < 1.29 is 9.59 Å². The topological polar surface area (TPSA) is 49.4 Å². The molecule has 1 atom stereocenters. The van der Waals surface area contributed by atoms with E-state index in [4.69, 9.17) is 46.4 Å².